The number of ether oxygens (including phenoxy) is 1. The van der Waals surface area contributed by atoms with Crippen LogP contribution in [-0.4, -0.2) is 36.0 Å². The zero-order valence-corrected chi connectivity index (χ0v) is 12.3. The summed E-state index contributed by atoms with van der Waals surface area (Å²) in [7, 11) is 0. The molecule has 5 heteroatoms. The van der Waals surface area contributed by atoms with Gasteiger partial charge in [-0.3, -0.25) is 0 Å². The predicted molar refractivity (Wildman–Crippen MR) is 78.4 cm³/mol. The fraction of sp³-hybridized carbons (Fsp3) is 0.533. The third-order valence-electron chi connectivity index (χ3n) is 2.43. The highest BCUT2D eigenvalue weighted by molar-refractivity contribution is 5.67. The smallest absolute Gasteiger partial charge is 0.407 e. The van der Waals surface area contributed by atoms with Gasteiger partial charge < -0.3 is 20.5 Å². The van der Waals surface area contributed by atoms with Gasteiger partial charge in [-0.1, -0.05) is 30.3 Å². The van der Waals surface area contributed by atoms with E-state index >= 15 is 0 Å². The molecule has 0 saturated carbocycles. The van der Waals surface area contributed by atoms with Crippen LogP contribution in [0.3, 0.4) is 0 Å². The number of carbonyl (C=O) groups excluding carboxylic acids is 1. The van der Waals surface area contributed by atoms with Gasteiger partial charge in [-0.25, -0.2) is 4.79 Å². The number of benzene rings is 1. The van der Waals surface area contributed by atoms with Crippen LogP contribution in [0.4, 0.5) is 4.79 Å². The van der Waals surface area contributed by atoms with Crippen LogP contribution < -0.4 is 10.6 Å². The van der Waals surface area contributed by atoms with E-state index in [9.17, 15) is 9.90 Å². The summed E-state index contributed by atoms with van der Waals surface area (Å²) < 4.78 is 5.08. The van der Waals surface area contributed by atoms with Crippen LogP contribution in [0.2, 0.25) is 0 Å². The summed E-state index contributed by atoms with van der Waals surface area (Å²) in [5.74, 6) is 0. The van der Waals surface area contributed by atoms with Crippen molar-refractivity contribution < 1.29 is 14.6 Å². The number of nitrogens with one attached hydrogen (secondary N) is 2. The summed E-state index contributed by atoms with van der Waals surface area (Å²) in [6.07, 6.45) is -1.16. The Morgan fingerprint density at radius 3 is 2.50 bits per heavy atom. The van der Waals surface area contributed by atoms with E-state index in [0.717, 1.165) is 5.56 Å². The lowest BCUT2D eigenvalue weighted by Gasteiger charge is -2.20. The lowest BCUT2D eigenvalue weighted by atomic mass is 10.2. The third kappa shape index (κ3) is 7.76. The molecule has 112 valence electrons. The van der Waals surface area contributed by atoms with Gasteiger partial charge in [-0.2, -0.15) is 0 Å². The maximum Gasteiger partial charge on any atom is 0.407 e. The molecule has 0 spiro atoms. The average molecular weight is 280 g/mol. The Bertz CT molecular complexity index is 401. The summed E-state index contributed by atoms with van der Waals surface area (Å²) in [5.41, 5.74) is 0.625. The van der Waals surface area contributed by atoms with Crippen molar-refractivity contribution in [3.8, 4) is 0 Å². The minimum Gasteiger partial charge on any atom is -0.444 e. The minimum absolute atomic E-state index is 0.163. The van der Waals surface area contributed by atoms with Crippen molar-refractivity contribution in [2.75, 3.05) is 13.1 Å². The molecule has 0 bridgehead atoms. The first-order valence-corrected chi connectivity index (χ1v) is 6.76. The van der Waals surface area contributed by atoms with Gasteiger partial charge in [-0.15, -0.1) is 0 Å². The van der Waals surface area contributed by atoms with Gasteiger partial charge >= 0.3 is 6.09 Å². The first-order chi connectivity index (χ1) is 9.37. The van der Waals surface area contributed by atoms with Gasteiger partial charge in [0, 0.05) is 19.6 Å². The third-order valence-corrected chi connectivity index (χ3v) is 2.43. The van der Waals surface area contributed by atoms with E-state index in [1.165, 1.54) is 0 Å². The quantitative estimate of drug-likeness (QED) is 0.741. The molecule has 0 aromatic heterocycles. The second-order valence-electron chi connectivity index (χ2n) is 5.65. The van der Waals surface area contributed by atoms with E-state index in [4.69, 9.17) is 4.74 Å². The number of aliphatic hydroxyl groups excluding tert-OH is 1. The molecule has 1 atom stereocenters. The van der Waals surface area contributed by atoms with Gasteiger partial charge in [0.1, 0.15) is 5.60 Å². The molecule has 0 fully saturated rings. The molecule has 1 amide bonds. The van der Waals surface area contributed by atoms with Crippen molar-refractivity contribution in [2.24, 2.45) is 0 Å². The standard InChI is InChI=1S/C15H24N2O3/c1-15(2,3)20-14(19)17-11-13(18)10-16-9-12-7-5-4-6-8-12/h4-8,13,16,18H,9-11H2,1-3H3,(H,17,19)/t13-/m1/s1. The van der Waals surface area contributed by atoms with Gasteiger partial charge in [0.2, 0.25) is 0 Å². The predicted octanol–water partition coefficient (Wildman–Crippen LogP) is 1.66. The molecule has 0 saturated heterocycles. The zero-order chi connectivity index (χ0) is 15.0. The largest absolute Gasteiger partial charge is 0.444 e. The fourth-order valence-corrected chi connectivity index (χ4v) is 1.57. The van der Waals surface area contributed by atoms with Crippen LogP contribution in [0, 0.1) is 0 Å². The van der Waals surface area contributed by atoms with Crippen molar-refractivity contribution in [2.45, 2.75) is 39.0 Å². The van der Waals surface area contributed by atoms with E-state index in [1.807, 2.05) is 30.3 Å². The number of hydrogen-bond donors (Lipinski definition) is 3. The molecule has 0 aliphatic rings. The summed E-state index contributed by atoms with van der Waals surface area (Å²) >= 11 is 0. The average Bonchev–Trinajstić information content (AvgIpc) is 2.36. The van der Waals surface area contributed by atoms with E-state index in [2.05, 4.69) is 10.6 Å². The Morgan fingerprint density at radius 1 is 1.25 bits per heavy atom. The molecule has 0 heterocycles. The Hall–Kier alpha value is -1.59. The molecular weight excluding hydrogens is 256 g/mol. The molecule has 0 unspecified atom stereocenters. The van der Waals surface area contributed by atoms with Crippen LogP contribution in [0.5, 0.6) is 0 Å². The molecule has 5 nitrogen and oxygen atoms in total. The minimum atomic E-state index is -0.647. The molecule has 1 rings (SSSR count). The highest BCUT2D eigenvalue weighted by Crippen LogP contribution is 2.06. The Labute approximate surface area is 120 Å². The van der Waals surface area contributed by atoms with Crippen molar-refractivity contribution in [1.29, 1.82) is 0 Å². The van der Waals surface area contributed by atoms with E-state index < -0.39 is 17.8 Å². The van der Waals surface area contributed by atoms with E-state index in [-0.39, 0.29) is 6.54 Å². The SMILES string of the molecule is CC(C)(C)OC(=O)NC[C@H](O)CNCc1ccccc1. The number of alkyl carbamates (subject to hydrolysis) is 1. The normalized spacial score (nSPS) is 12.8. The van der Waals surface area contributed by atoms with Gasteiger partial charge in [-0.05, 0) is 26.3 Å². The molecule has 1 aromatic rings. The molecule has 20 heavy (non-hydrogen) atoms. The van der Waals surface area contributed by atoms with Crippen LogP contribution in [0.25, 0.3) is 0 Å². The maximum atomic E-state index is 11.4. The Balaban J connectivity index is 2.14. The van der Waals surface area contributed by atoms with Gasteiger partial charge in [0.25, 0.3) is 0 Å². The van der Waals surface area contributed by atoms with Crippen LogP contribution in [-0.2, 0) is 11.3 Å². The summed E-state index contributed by atoms with van der Waals surface area (Å²) in [6, 6.07) is 9.93. The molecule has 0 aliphatic heterocycles. The van der Waals surface area contributed by atoms with Crippen molar-refractivity contribution in [1.82, 2.24) is 10.6 Å². The van der Waals surface area contributed by atoms with Gasteiger partial charge in [0.05, 0.1) is 6.10 Å². The van der Waals surface area contributed by atoms with Crippen LogP contribution in [0.15, 0.2) is 30.3 Å². The van der Waals surface area contributed by atoms with Crippen LogP contribution >= 0.6 is 0 Å². The van der Waals surface area contributed by atoms with Crippen molar-refractivity contribution in [3.63, 3.8) is 0 Å². The summed E-state index contributed by atoms with van der Waals surface area (Å²) in [4.78, 5) is 11.4. The number of aliphatic hydroxyl groups is 1. The molecular formula is C15H24N2O3. The fourth-order valence-electron chi connectivity index (χ4n) is 1.57. The maximum absolute atomic E-state index is 11.4. The van der Waals surface area contributed by atoms with E-state index in [1.54, 1.807) is 20.8 Å². The van der Waals surface area contributed by atoms with Crippen molar-refractivity contribution >= 4 is 6.09 Å². The molecule has 3 N–H and O–H groups in total. The lowest BCUT2D eigenvalue weighted by Crippen LogP contribution is -2.40. The van der Waals surface area contributed by atoms with Crippen LogP contribution in [0.1, 0.15) is 26.3 Å². The van der Waals surface area contributed by atoms with Crippen molar-refractivity contribution in [3.05, 3.63) is 35.9 Å². The Kier molecular flexibility index (Phi) is 6.48. The summed E-state index contributed by atoms with van der Waals surface area (Å²) in [6.45, 7) is 6.64. The van der Waals surface area contributed by atoms with Gasteiger partial charge in [0.15, 0.2) is 0 Å². The first-order valence-electron chi connectivity index (χ1n) is 6.76. The first kappa shape index (κ1) is 16.5. The number of carbonyl (C=O) groups is 1. The second kappa shape index (κ2) is 7.87. The summed E-state index contributed by atoms with van der Waals surface area (Å²) in [5, 5.41) is 15.4. The zero-order valence-electron chi connectivity index (χ0n) is 12.3. The second-order valence-corrected chi connectivity index (χ2v) is 5.65. The monoisotopic (exact) mass is 280 g/mol. The number of rotatable bonds is 6. The molecule has 0 radical (unpaired) electrons. The molecule has 1 aromatic carbocycles. The van der Waals surface area contributed by atoms with E-state index in [0.29, 0.717) is 13.1 Å². The highest BCUT2D eigenvalue weighted by Gasteiger charge is 2.16. The number of hydrogen-bond acceptors (Lipinski definition) is 4. The number of amides is 1. The topological polar surface area (TPSA) is 70.6 Å². The highest BCUT2D eigenvalue weighted by atomic mass is 16.6. The lowest BCUT2D eigenvalue weighted by molar-refractivity contribution is 0.0492. The molecule has 0 aliphatic carbocycles. The Morgan fingerprint density at radius 2 is 1.90 bits per heavy atom.